The average molecular weight is 399 g/mol. The zero-order chi connectivity index (χ0) is 19.8. The SMILES string of the molecule is COc1ccc(CNc2ccc(NC(=O)COc3ccc(Cl)cc3)nn2)cc1. The van der Waals surface area contributed by atoms with E-state index >= 15 is 0 Å². The first-order valence-electron chi connectivity index (χ1n) is 8.51. The second kappa shape index (κ2) is 9.57. The van der Waals surface area contributed by atoms with E-state index in [1.165, 1.54) is 0 Å². The van der Waals surface area contributed by atoms with Crippen LogP contribution in [0.5, 0.6) is 11.5 Å². The number of anilines is 2. The van der Waals surface area contributed by atoms with Crippen molar-refractivity contribution in [3.8, 4) is 11.5 Å². The summed E-state index contributed by atoms with van der Waals surface area (Å²) in [6.07, 6.45) is 0. The fraction of sp³-hybridized carbons (Fsp3) is 0.150. The molecule has 3 rings (SSSR count). The Morgan fingerprint density at radius 2 is 1.57 bits per heavy atom. The molecule has 0 aliphatic carbocycles. The Bertz CT molecular complexity index is 900. The molecule has 2 aromatic carbocycles. The van der Waals surface area contributed by atoms with Gasteiger partial charge in [0.25, 0.3) is 5.91 Å². The van der Waals surface area contributed by atoms with Crippen molar-refractivity contribution in [1.82, 2.24) is 10.2 Å². The van der Waals surface area contributed by atoms with Crippen LogP contribution in [-0.2, 0) is 11.3 Å². The maximum absolute atomic E-state index is 11.9. The molecule has 1 amide bonds. The third-order valence-electron chi connectivity index (χ3n) is 3.75. The first-order valence-corrected chi connectivity index (χ1v) is 8.89. The molecule has 0 saturated carbocycles. The molecule has 8 heteroatoms. The topological polar surface area (TPSA) is 85.4 Å². The zero-order valence-electron chi connectivity index (χ0n) is 15.2. The van der Waals surface area contributed by atoms with Crippen LogP contribution < -0.4 is 20.1 Å². The van der Waals surface area contributed by atoms with Crippen molar-refractivity contribution >= 4 is 29.1 Å². The lowest BCUT2D eigenvalue weighted by Gasteiger charge is -2.08. The Morgan fingerprint density at radius 3 is 2.21 bits per heavy atom. The molecule has 0 saturated heterocycles. The Balaban J connectivity index is 1.45. The summed E-state index contributed by atoms with van der Waals surface area (Å²) >= 11 is 5.80. The smallest absolute Gasteiger partial charge is 0.263 e. The predicted octanol–water partition coefficient (Wildman–Crippen LogP) is 3.77. The van der Waals surface area contributed by atoms with Crippen molar-refractivity contribution in [2.75, 3.05) is 24.4 Å². The number of methoxy groups -OCH3 is 1. The quantitative estimate of drug-likeness (QED) is 0.600. The molecular weight excluding hydrogens is 380 g/mol. The third-order valence-corrected chi connectivity index (χ3v) is 4.00. The highest BCUT2D eigenvalue weighted by molar-refractivity contribution is 6.30. The van der Waals surface area contributed by atoms with Gasteiger partial charge in [0.05, 0.1) is 7.11 Å². The molecule has 0 aliphatic rings. The molecule has 2 N–H and O–H groups in total. The molecule has 7 nitrogen and oxygen atoms in total. The Morgan fingerprint density at radius 1 is 0.929 bits per heavy atom. The zero-order valence-corrected chi connectivity index (χ0v) is 15.9. The number of aromatic nitrogens is 2. The van der Waals surface area contributed by atoms with Crippen LogP contribution >= 0.6 is 11.6 Å². The Hall–Kier alpha value is -3.32. The van der Waals surface area contributed by atoms with Crippen molar-refractivity contribution in [3.05, 3.63) is 71.2 Å². The highest BCUT2D eigenvalue weighted by atomic mass is 35.5. The molecular formula is C20H19ClN4O3. The van der Waals surface area contributed by atoms with E-state index in [2.05, 4.69) is 20.8 Å². The number of nitrogens with one attached hydrogen (secondary N) is 2. The molecule has 0 bridgehead atoms. The van der Waals surface area contributed by atoms with Gasteiger partial charge in [0.2, 0.25) is 0 Å². The summed E-state index contributed by atoms with van der Waals surface area (Å²) in [5.74, 6) is 1.99. The average Bonchev–Trinajstić information content (AvgIpc) is 2.73. The van der Waals surface area contributed by atoms with Crippen LogP contribution in [-0.4, -0.2) is 29.8 Å². The first-order chi connectivity index (χ1) is 13.6. The Labute approximate surface area is 167 Å². The lowest BCUT2D eigenvalue weighted by atomic mass is 10.2. The van der Waals surface area contributed by atoms with E-state index in [0.717, 1.165) is 11.3 Å². The summed E-state index contributed by atoms with van der Waals surface area (Å²) in [6.45, 7) is 0.458. The Kier molecular flexibility index (Phi) is 6.64. The van der Waals surface area contributed by atoms with Crippen LogP contribution in [0.4, 0.5) is 11.6 Å². The minimum atomic E-state index is -0.330. The largest absolute Gasteiger partial charge is 0.497 e. The summed E-state index contributed by atoms with van der Waals surface area (Å²) in [6, 6.07) is 17.9. The molecule has 0 aliphatic heterocycles. The number of halogens is 1. The van der Waals surface area contributed by atoms with Crippen LogP contribution in [0.15, 0.2) is 60.7 Å². The number of benzene rings is 2. The van der Waals surface area contributed by atoms with Crippen LogP contribution in [0.1, 0.15) is 5.56 Å². The minimum absolute atomic E-state index is 0.138. The van der Waals surface area contributed by atoms with Crippen LogP contribution in [0.2, 0.25) is 5.02 Å². The molecule has 28 heavy (non-hydrogen) atoms. The second-order valence-corrected chi connectivity index (χ2v) is 6.23. The standard InChI is InChI=1S/C20H19ClN4O3/c1-27-16-6-2-14(3-7-16)12-22-18-10-11-19(25-24-18)23-20(26)13-28-17-8-4-15(21)5-9-17/h2-11H,12-13H2,1H3,(H,22,24)(H,23,25,26). The maximum atomic E-state index is 11.9. The molecule has 1 heterocycles. The van der Waals surface area contributed by atoms with Crippen LogP contribution in [0.25, 0.3) is 0 Å². The van der Waals surface area contributed by atoms with Gasteiger partial charge >= 0.3 is 0 Å². The third kappa shape index (κ3) is 5.85. The molecule has 0 unspecified atom stereocenters. The maximum Gasteiger partial charge on any atom is 0.263 e. The summed E-state index contributed by atoms with van der Waals surface area (Å²) in [4.78, 5) is 11.9. The molecule has 3 aromatic rings. The minimum Gasteiger partial charge on any atom is -0.497 e. The summed E-state index contributed by atoms with van der Waals surface area (Å²) in [5.41, 5.74) is 1.08. The fourth-order valence-corrected chi connectivity index (χ4v) is 2.41. The number of ether oxygens (including phenoxy) is 2. The number of rotatable bonds is 8. The summed E-state index contributed by atoms with van der Waals surface area (Å²) in [5, 5.41) is 14.4. The van der Waals surface area contributed by atoms with Crippen molar-refractivity contribution in [2.24, 2.45) is 0 Å². The molecule has 0 spiro atoms. The normalized spacial score (nSPS) is 10.2. The number of amides is 1. The van der Waals surface area contributed by atoms with Crippen LogP contribution in [0.3, 0.4) is 0 Å². The van der Waals surface area contributed by atoms with E-state index in [1.54, 1.807) is 43.5 Å². The number of hydrogen-bond acceptors (Lipinski definition) is 6. The molecule has 1 aromatic heterocycles. The highest BCUT2D eigenvalue weighted by Gasteiger charge is 2.06. The van der Waals surface area contributed by atoms with Crippen molar-refractivity contribution < 1.29 is 14.3 Å². The summed E-state index contributed by atoms with van der Waals surface area (Å²) < 4.78 is 10.5. The van der Waals surface area contributed by atoms with Gasteiger partial charge in [0, 0.05) is 11.6 Å². The van der Waals surface area contributed by atoms with Crippen molar-refractivity contribution in [1.29, 1.82) is 0 Å². The van der Waals surface area contributed by atoms with Gasteiger partial charge in [-0.2, -0.15) is 0 Å². The molecule has 144 valence electrons. The lowest BCUT2D eigenvalue weighted by molar-refractivity contribution is -0.118. The number of carbonyl (C=O) groups is 1. The number of nitrogens with zero attached hydrogens (tertiary/aromatic N) is 2. The van der Waals surface area contributed by atoms with E-state index in [9.17, 15) is 4.79 Å². The number of hydrogen-bond donors (Lipinski definition) is 2. The molecule has 0 fully saturated rings. The van der Waals surface area contributed by atoms with Gasteiger partial charge < -0.3 is 20.1 Å². The van der Waals surface area contributed by atoms with E-state index in [-0.39, 0.29) is 12.5 Å². The fourth-order valence-electron chi connectivity index (χ4n) is 2.29. The molecule has 0 atom stereocenters. The van der Waals surface area contributed by atoms with E-state index < -0.39 is 0 Å². The van der Waals surface area contributed by atoms with Gasteiger partial charge in [0.15, 0.2) is 12.4 Å². The summed E-state index contributed by atoms with van der Waals surface area (Å²) in [7, 11) is 1.63. The van der Waals surface area contributed by atoms with Gasteiger partial charge in [-0.25, -0.2) is 0 Å². The van der Waals surface area contributed by atoms with Gasteiger partial charge in [-0.05, 0) is 54.1 Å². The van der Waals surface area contributed by atoms with E-state index in [1.807, 2.05) is 24.3 Å². The molecule has 0 radical (unpaired) electrons. The van der Waals surface area contributed by atoms with Crippen LogP contribution in [0, 0.1) is 0 Å². The first kappa shape index (κ1) is 19.4. The van der Waals surface area contributed by atoms with E-state index in [0.29, 0.717) is 29.0 Å². The van der Waals surface area contributed by atoms with Gasteiger partial charge in [-0.1, -0.05) is 23.7 Å². The number of carbonyl (C=O) groups excluding carboxylic acids is 1. The van der Waals surface area contributed by atoms with Gasteiger partial charge in [-0.15, -0.1) is 10.2 Å². The highest BCUT2D eigenvalue weighted by Crippen LogP contribution is 2.16. The van der Waals surface area contributed by atoms with Gasteiger partial charge in [0.1, 0.15) is 17.3 Å². The van der Waals surface area contributed by atoms with Crippen molar-refractivity contribution in [2.45, 2.75) is 6.54 Å². The lowest BCUT2D eigenvalue weighted by Crippen LogP contribution is -2.21. The van der Waals surface area contributed by atoms with Crippen molar-refractivity contribution in [3.63, 3.8) is 0 Å². The monoisotopic (exact) mass is 398 g/mol. The van der Waals surface area contributed by atoms with E-state index in [4.69, 9.17) is 21.1 Å². The predicted molar refractivity (Wildman–Crippen MR) is 108 cm³/mol. The second-order valence-electron chi connectivity index (χ2n) is 5.80. The van der Waals surface area contributed by atoms with Gasteiger partial charge in [-0.3, -0.25) is 4.79 Å².